The number of nitrogens with two attached hydrogens (primary N) is 1. The van der Waals surface area contributed by atoms with E-state index in [2.05, 4.69) is 11.6 Å². The van der Waals surface area contributed by atoms with Crippen LogP contribution in [0.1, 0.15) is 31.2 Å². The Morgan fingerprint density at radius 2 is 2.16 bits per heavy atom. The molecule has 0 saturated heterocycles. The van der Waals surface area contributed by atoms with E-state index in [-0.39, 0.29) is 5.91 Å². The molecule has 3 N–H and O–H groups in total. The monoisotopic (exact) mass is 278 g/mol. The molecule has 1 aromatic rings. The highest BCUT2D eigenvalue weighted by Gasteiger charge is 2.36. The van der Waals surface area contributed by atoms with Crippen molar-refractivity contribution in [3.05, 3.63) is 29.8 Å². The van der Waals surface area contributed by atoms with Gasteiger partial charge in [-0.05, 0) is 37.1 Å². The smallest absolute Gasteiger partial charge is 0.220 e. The number of anilines is 1. The van der Waals surface area contributed by atoms with Crippen LogP contribution in [0.2, 0.25) is 0 Å². The summed E-state index contributed by atoms with van der Waals surface area (Å²) >= 11 is 1.88. The van der Waals surface area contributed by atoms with Gasteiger partial charge in [0.05, 0.1) is 0 Å². The first-order chi connectivity index (χ1) is 9.15. The quantitative estimate of drug-likeness (QED) is 0.786. The molecule has 104 valence electrons. The molecule has 1 aliphatic carbocycles. The summed E-state index contributed by atoms with van der Waals surface area (Å²) in [6.07, 6.45) is 7.09. The zero-order valence-electron chi connectivity index (χ0n) is 11.4. The Morgan fingerprint density at radius 1 is 1.42 bits per heavy atom. The Hall–Kier alpha value is -1.16. The lowest BCUT2D eigenvalue weighted by Crippen LogP contribution is -2.45. The predicted molar refractivity (Wildman–Crippen MR) is 82.3 cm³/mol. The van der Waals surface area contributed by atoms with E-state index in [9.17, 15) is 4.79 Å². The first-order valence-corrected chi connectivity index (χ1v) is 8.03. The molecule has 1 aromatic carbocycles. The number of hydrogen-bond donors (Lipinski definition) is 2. The number of hydrogen-bond acceptors (Lipinski definition) is 3. The van der Waals surface area contributed by atoms with Crippen LogP contribution in [0.4, 0.5) is 5.69 Å². The molecule has 4 heteroatoms. The fraction of sp³-hybridized carbons (Fsp3) is 0.533. The standard InChI is InChI=1S/C15H22N2OS/c1-19-15(9-4-10-15)11-17-14(18)8-7-12-5-2-3-6-13(12)16/h2-3,5-6H,4,7-11,16H2,1H3,(H,17,18). The molecule has 0 aliphatic heterocycles. The molecule has 1 saturated carbocycles. The maximum Gasteiger partial charge on any atom is 0.220 e. The number of amides is 1. The lowest BCUT2D eigenvalue weighted by atomic mass is 9.84. The van der Waals surface area contributed by atoms with Crippen LogP contribution in [0, 0.1) is 0 Å². The first kappa shape index (κ1) is 14.3. The molecule has 19 heavy (non-hydrogen) atoms. The Morgan fingerprint density at radius 3 is 2.74 bits per heavy atom. The summed E-state index contributed by atoms with van der Waals surface area (Å²) < 4.78 is 0.307. The Balaban J connectivity index is 1.74. The van der Waals surface area contributed by atoms with Crippen molar-refractivity contribution in [2.45, 2.75) is 36.9 Å². The number of carbonyl (C=O) groups is 1. The molecule has 1 fully saturated rings. The number of nitrogens with one attached hydrogen (secondary N) is 1. The van der Waals surface area contributed by atoms with Gasteiger partial charge >= 0.3 is 0 Å². The van der Waals surface area contributed by atoms with Crippen molar-refractivity contribution in [3.8, 4) is 0 Å². The maximum atomic E-state index is 11.9. The van der Waals surface area contributed by atoms with Crippen LogP contribution >= 0.6 is 11.8 Å². The van der Waals surface area contributed by atoms with Gasteiger partial charge in [0.15, 0.2) is 0 Å². The minimum Gasteiger partial charge on any atom is -0.399 e. The molecular weight excluding hydrogens is 256 g/mol. The van der Waals surface area contributed by atoms with Gasteiger partial charge in [0, 0.05) is 23.4 Å². The van der Waals surface area contributed by atoms with Gasteiger partial charge in [-0.25, -0.2) is 0 Å². The van der Waals surface area contributed by atoms with Crippen molar-refractivity contribution in [1.29, 1.82) is 0 Å². The third-order valence-corrected chi connectivity index (χ3v) is 5.40. The average Bonchev–Trinajstić information content (AvgIpc) is 2.37. The normalized spacial score (nSPS) is 16.7. The second-order valence-electron chi connectivity index (χ2n) is 5.22. The van der Waals surface area contributed by atoms with Crippen LogP contribution < -0.4 is 11.1 Å². The van der Waals surface area contributed by atoms with Crippen LogP contribution in [0.15, 0.2) is 24.3 Å². The molecule has 0 atom stereocenters. The number of carbonyl (C=O) groups excluding carboxylic acids is 1. The Bertz CT molecular complexity index is 438. The van der Waals surface area contributed by atoms with Gasteiger partial charge in [0.2, 0.25) is 5.91 Å². The summed E-state index contributed by atoms with van der Waals surface area (Å²) in [6.45, 7) is 0.803. The van der Waals surface area contributed by atoms with E-state index in [1.807, 2.05) is 36.0 Å². The van der Waals surface area contributed by atoms with E-state index in [0.29, 0.717) is 17.6 Å². The SMILES string of the molecule is CSC1(CNC(=O)CCc2ccccc2N)CCC1. The number of rotatable bonds is 6. The Kier molecular flexibility index (Phi) is 4.75. The van der Waals surface area contributed by atoms with Crippen LogP contribution in [0.3, 0.4) is 0 Å². The van der Waals surface area contributed by atoms with E-state index < -0.39 is 0 Å². The van der Waals surface area contributed by atoms with Crippen molar-refractivity contribution in [2.24, 2.45) is 0 Å². The highest BCUT2D eigenvalue weighted by Crippen LogP contribution is 2.42. The van der Waals surface area contributed by atoms with E-state index in [4.69, 9.17) is 5.73 Å². The van der Waals surface area contributed by atoms with Gasteiger partial charge in [0.25, 0.3) is 0 Å². The van der Waals surface area contributed by atoms with E-state index in [0.717, 1.165) is 17.8 Å². The lowest BCUT2D eigenvalue weighted by molar-refractivity contribution is -0.121. The third-order valence-electron chi connectivity index (χ3n) is 3.98. The van der Waals surface area contributed by atoms with Crippen molar-refractivity contribution in [3.63, 3.8) is 0 Å². The van der Waals surface area contributed by atoms with Crippen LogP contribution in [-0.2, 0) is 11.2 Å². The fourth-order valence-corrected chi connectivity index (χ4v) is 3.30. The number of benzene rings is 1. The van der Waals surface area contributed by atoms with Crippen molar-refractivity contribution in [2.75, 3.05) is 18.5 Å². The maximum absolute atomic E-state index is 11.9. The average molecular weight is 278 g/mol. The molecule has 0 heterocycles. The topological polar surface area (TPSA) is 55.1 Å². The molecule has 1 aliphatic rings. The largest absolute Gasteiger partial charge is 0.399 e. The van der Waals surface area contributed by atoms with Crippen LogP contribution in [-0.4, -0.2) is 23.5 Å². The van der Waals surface area contributed by atoms with Gasteiger partial charge in [-0.2, -0.15) is 11.8 Å². The molecule has 1 amide bonds. The molecule has 2 rings (SSSR count). The van der Waals surface area contributed by atoms with Gasteiger partial charge in [-0.1, -0.05) is 24.6 Å². The summed E-state index contributed by atoms with van der Waals surface area (Å²) in [5.41, 5.74) is 7.70. The lowest BCUT2D eigenvalue weighted by Gasteiger charge is -2.40. The minimum absolute atomic E-state index is 0.128. The number of para-hydroxylation sites is 1. The van der Waals surface area contributed by atoms with Crippen molar-refractivity contribution in [1.82, 2.24) is 5.32 Å². The highest BCUT2D eigenvalue weighted by atomic mass is 32.2. The summed E-state index contributed by atoms with van der Waals surface area (Å²) in [6, 6.07) is 7.74. The van der Waals surface area contributed by atoms with E-state index >= 15 is 0 Å². The zero-order chi connectivity index (χ0) is 13.7. The minimum atomic E-state index is 0.128. The molecule has 0 unspecified atom stereocenters. The number of thioether (sulfide) groups is 1. The van der Waals surface area contributed by atoms with Gasteiger partial charge in [0.1, 0.15) is 0 Å². The highest BCUT2D eigenvalue weighted by molar-refractivity contribution is 8.00. The second-order valence-corrected chi connectivity index (χ2v) is 6.49. The van der Waals surface area contributed by atoms with Gasteiger partial charge < -0.3 is 11.1 Å². The number of aryl methyl sites for hydroxylation is 1. The van der Waals surface area contributed by atoms with E-state index in [1.165, 1.54) is 19.3 Å². The van der Waals surface area contributed by atoms with Crippen LogP contribution in [0.25, 0.3) is 0 Å². The van der Waals surface area contributed by atoms with Gasteiger partial charge in [-0.3, -0.25) is 4.79 Å². The summed E-state index contributed by atoms with van der Waals surface area (Å²) in [4.78, 5) is 11.9. The van der Waals surface area contributed by atoms with Crippen molar-refractivity contribution < 1.29 is 4.79 Å². The predicted octanol–water partition coefficient (Wildman–Crippen LogP) is 2.60. The molecular formula is C15H22N2OS. The summed E-state index contributed by atoms with van der Waals surface area (Å²) in [7, 11) is 0. The van der Waals surface area contributed by atoms with Crippen LogP contribution in [0.5, 0.6) is 0 Å². The fourth-order valence-electron chi connectivity index (χ4n) is 2.38. The third kappa shape index (κ3) is 3.66. The van der Waals surface area contributed by atoms with Gasteiger partial charge in [-0.15, -0.1) is 0 Å². The molecule has 0 aromatic heterocycles. The first-order valence-electron chi connectivity index (χ1n) is 6.80. The molecule has 0 spiro atoms. The summed E-state index contributed by atoms with van der Waals surface area (Å²) in [5, 5.41) is 3.07. The Labute approximate surface area is 119 Å². The molecule has 3 nitrogen and oxygen atoms in total. The van der Waals surface area contributed by atoms with Crippen molar-refractivity contribution >= 4 is 23.4 Å². The zero-order valence-corrected chi connectivity index (χ0v) is 12.3. The van der Waals surface area contributed by atoms with E-state index in [1.54, 1.807) is 0 Å². The molecule has 0 bridgehead atoms. The number of nitrogen functional groups attached to an aromatic ring is 1. The molecule has 0 radical (unpaired) electrons. The summed E-state index contributed by atoms with van der Waals surface area (Å²) in [5.74, 6) is 0.128. The second kappa shape index (κ2) is 6.33.